The summed E-state index contributed by atoms with van der Waals surface area (Å²) in [6, 6.07) is 5.96. The van der Waals surface area contributed by atoms with Gasteiger partial charge in [0.2, 0.25) is 0 Å². The second-order valence-corrected chi connectivity index (χ2v) is 6.71. The highest BCUT2D eigenvalue weighted by Crippen LogP contribution is 2.38. The van der Waals surface area contributed by atoms with Crippen LogP contribution in [0.25, 0.3) is 0 Å². The van der Waals surface area contributed by atoms with Crippen molar-refractivity contribution in [2.45, 2.75) is 62.9 Å². The number of halogens is 2. The zero-order valence-electron chi connectivity index (χ0n) is 14.1. The number of nitrogens with zero attached hydrogens (tertiary/aromatic N) is 1. The molecule has 2 aliphatic carbocycles. The van der Waals surface area contributed by atoms with Gasteiger partial charge in [0.25, 0.3) is 0 Å². The van der Waals surface area contributed by atoms with Gasteiger partial charge < -0.3 is 15.8 Å². The molecule has 24 heavy (non-hydrogen) atoms. The first kappa shape index (κ1) is 19.3. The van der Waals surface area contributed by atoms with Gasteiger partial charge in [0.15, 0.2) is 17.5 Å². The lowest BCUT2D eigenvalue weighted by molar-refractivity contribution is 0.320. The second kappa shape index (κ2) is 8.87. The van der Waals surface area contributed by atoms with Crippen molar-refractivity contribution in [2.24, 2.45) is 10.7 Å². The molecule has 6 heteroatoms. The second-order valence-electron chi connectivity index (χ2n) is 6.71. The van der Waals surface area contributed by atoms with Gasteiger partial charge in [-0.25, -0.2) is 4.39 Å². The quantitative estimate of drug-likeness (QED) is 0.418. The van der Waals surface area contributed by atoms with E-state index in [0.29, 0.717) is 29.7 Å². The Labute approximate surface area is 160 Å². The summed E-state index contributed by atoms with van der Waals surface area (Å²) in [6.07, 6.45) is 8.08. The van der Waals surface area contributed by atoms with E-state index in [4.69, 9.17) is 10.5 Å². The molecular weight excluding hydrogens is 420 g/mol. The molecule has 0 saturated heterocycles. The van der Waals surface area contributed by atoms with Gasteiger partial charge in [-0.05, 0) is 49.3 Å². The van der Waals surface area contributed by atoms with Crippen LogP contribution in [0.3, 0.4) is 0 Å². The van der Waals surface area contributed by atoms with Crippen molar-refractivity contribution < 1.29 is 9.13 Å². The maximum absolute atomic E-state index is 13.8. The number of hydrogen-bond donors (Lipinski definition) is 2. The lowest BCUT2D eigenvalue weighted by Gasteiger charge is -2.36. The van der Waals surface area contributed by atoms with Crippen molar-refractivity contribution in [1.29, 1.82) is 0 Å². The predicted molar refractivity (Wildman–Crippen MR) is 106 cm³/mol. The molecule has 1 aromatic carbocycles. The molecule has 0 amide bonds. The van der Waals surface area contributed by atoms with Crippen molar-refractivity contribution in [3.8, 4) is 5.75 Å². The summed E-state index contributed by atoms with van der Waals surface area (Å²) in [7, 11) is 1.48. The van der Waals surface area contributed by atoms with Gasteiger partial charge in [-0.15, -0.1) is 24.0 Å². The number of nitrogens with one attached hydrogen (secondary N) is 1. The topological polar surface area (TPSA) is 59.6 Å². The van der Waals surface area contributed by atoms with Crippen LogP contribution in [0.1, 0.15) is 56.4 Å². The fraction of sp³-hybridized carbons (Fsp3) is 0.611. The van der Waals surface area contributed by atoms with Gasteiger partial charge in [0.05, 0.1) is 13.2 Å². The average molecular weight is 447 g/mol. The Hall–Kier alpha value is -1.05. The fourth-order valence-corrected chi connectivity index (χ4v) is 3.60. The molecule has 0 atom stereocenters. The SMILES string of the molecule is COc1ccc(C2CC(NC(N)=NC3CCCCC3)C2)cc1F.I. The molecule has 3 rings (SSSR count). The first-order valence-electron chi connectivity index (χ1n) is 8.59. The molecule has 134 valence electrons. The summed E-state index contributed by atoms with van der Waals surface area (Å²) in [5.74, 6) is 0.961. The summed E-state index contributed by atoms with van der Waals surface area (Å²) in [5, 5.41) is 3.31. The van der Waals surface area contributed by atoms with Crippen molar-refractivity contribution in [2.75, 3.05) is 7.11 Å². The largest absolute Gasteiger partial charge is 0.494 e. The minimum atomic E-state index is -0.292. The van der Waals surface area contributed by atoms with Crippen LogP contribution in [-0.2, 0) is 0 Å². The smallest absolute Gasteiger partial charge is 0.189 e. The molecule has 0 aromatic heterocycles. The first-order chi connectivity index (χ1) is 11.2. The number of guanidine groups is 1. The Balaban J connectivity index is 0.00000208. The number of nitrogens with two attached hydrogens (primary N) is 1. The van der Waals surface area contributed by atoms with Crippen LogP contribution in [0.15, 0.2) is 23.2 Å². The van der Waals surface area contributed by atoms with Crippen molar-refractivity contribution in [3.63, 3.8) is 0 Å². The normalized spacial score (nSPS) is 24.7. The molecule has 0 bridgehead atoms. The molecule has 2 aliphatic rings. The molecule has 2 saturated carbocycles. The van der Waals surface area contributed by atoms with E-state index in [0.717, 1.165) is 31.2 Å². The Morgan fingerprint density at radius 3 is 2.58 bits per heavy atom. The first-order valence-corrected chi connectivity index (χ1v) is 8.59. The molecule has 1 aromatic rings. The van der Waals surface area contributed by atoms with E-state index in [1.807, 2.05) is 6.07 Å². The minimum absolute atomic E-state index is 0. The highest BCUT2D eigenvalue weighted by Gasteiger charge is 2.31. The van der Waals surface area contributed by atoms with Gasteiger partial charge in [0, 0.05) is 6.04 Å². The Morgan fingerprint density at radius 1 is 1.25 bits per heavy atom. The maximum atomic E-state index is 13.8. The standard InChI is InChI=1S/C18H26FN3O.HI/c1-23-17-8-7-12(11-16(17)19)13-9-15(10-13)22-18(20)21-14-5-3-2-4-6-14;/h7-8,11,13-15H,2-6,9-10H2,1H3,(H3,20,21,22);1H. The van der Waals surface area contributed by atoms with Gasteiger partial charge in [-0.3, -0.25) is 4.99 Å². The molecular formula is C18H27FIN3O. The molecule has 0 heterocycles. The number of ether oxygens (including phenoxy) is 1. The number of hydrogen-bond acceptors (Lipinski definition) is 2. The number of rotatable bonds is 4. The van der Waals surface area contributed by atoms with Crippen LogP contribution in [-0.4, -0.2) is 25.2 Å². The van der Waals surface area contributed by atoms with Crippen molar-refractivity contribution in [1.82, 2.24) is 5.32 Å². The van der Waals surface area contributed by atoms with E-state index in [1.54, 1.807) is 12.1 Å². The third-order valence-electron chi connectivity index (χ3n) is 5.03. The molecule has 3 N–H and O–H groups in total. The van der Waals surface area contributed by atoms with Crippen LogP contribution >= 0.6 is 24.0 Å². The molecule has 0 spiro atoms. The van der Waals surface area contributed by atoms with Crippen LogP contribution in [0.4, 0.5) is 4.39 Å². The third kappa shape index (κ3) is 4.74. The van der Waals surface area contributed by atoms with Gasteiger partial charge >= 0.3 is 0 Å². The van der Waals surface area contributed by atoms with Crippen LogP contribution in [0.5, 0.6) is 5.75 Å². The predicted octanol–water partition coefficient (Wildman–Crippen LogP) is 3.94. The number of methoxy groups -OCH3 is 1. The maximum Gasteiger partial charge on any atom is 0.189 e. The van der Waals surface area contributed by atoms with Gasteiger partial charge in [0.1, 0.15) is 0 Å². The molecule has 0 radical (unpaired) electrons. The van der Waals surface area contributed by atoms with E-state index in [2.05, 4.69) is 10.3 Å². The van der Waals surface area contributed by atoms with E-state index < -0.39 is 0 Å². The highest BCUT2D eigenvalue weighted by molar-refractivity contribution is 14.0. The van der Waals surface area contributed by atoms with Crippen LogP contribution < -0.4 is 15.8 Å². The monoisotopic (exact) mass is 447 g/mol. The van der Waals surface area contributed by atoms with E-state index in [-0.39, 0.29) is 29.8 Å². The van der Waals surface area contributed by atoms with Crippen LogP contribution in [0.2, 0.25) is 0 Å². The summed E-state index contributed by atoms with van der Waals surface area (Å²) in [6.45, 7) is 0. The fourth-order valence-electron chi connectivity index (χ4n) is 3.60. The summed E-state index contributed by atoms with van der Waals surface area (Å²) < 4.78 is 18.7. The zero-order valence-corrected chi connectivity index (χ0v) is 16.5. The molecule has 4 nitrogen and oxygen atoms in total. The summed E-state index contributed by atoms with van der Waals surface area (Å²) >= 11 is 0. The number of aliphatic imine (C=N–C) groups is 1. The van der Waals surface area contributed by atoms with Gasteiger partial charge in [-0.2, -0.15) is 0 Å². The van der Waals surface area contributed by atoms with E-state index in [1.165, 1.54) is 26.4 Å². The Bertz CT molecular complexity index is 569. The van der Waals surface area contributed by atoms with E-state index >= 15 is 0 Å². The molecule has 0 unspecified atom stereocenters. The number of benzene rings is 1. The van der Waals surface area contributed by atoms with Crippen molar-refractivity contribution in [3.05, 3.63) is 29.6 Å². The summed E-state index contributed by atoms with van der Waals surface area (Å²) in [5.41, 5.74) is 7.06. The zero-order chi connectivity index (χ0) is 16.2. The third-order valence-corrected chi connectivity index (χ3v) is 5.03. The minimum Gasteiger partial charge on any atom is -0.494 e. The van der Waals surface area contributed by atoms with E-state index in [9.17, 15) is 4.39 Å². The van der Waals surface area contributed by atoms with Gasteiger partial charge in [-0.1, -0.05) is 25.3 Å². The van der Waals surface area contributed by atoms with Crippen LogP contribution in [0, 0.1) is 5.82 Å². The average Bonchev–Trinajstić information content (AvgIpc) is 2.51. The van der Waals surface area contributed by atoms with Crippen molar-refractivity contribution >= 4 is 29.9 Å². The Kier molecular flexibility index (Phi) is 7.13. The summed E-state index contributed by atoms with van der Waals surface area (Å²) in [4.78, 5) is 4.60. The lowest BCUT2D eigenvalue weighted by Crippen LogP contribution is -2.47. The lowest BCUT2D eigenvalue weighted by atomic mass is 9.76. The molecule has 0 aliphatic heterocycles. The highest BCUT2D eigenvalue weighted by atomic mass is 127. The molecule has 2 fully saturated rings. The Morgan fingerprint density at radius 2 is 1.96 bits per heavy atom.